The molecule has 21 heavy (non-hydrogen) atoms. The predicted octanol–water partition coefficient (Wildman–Crippen LogP) is 2.47. The first-order valence-corrected chi connectivity index (χ1v) is 9.35. The molecule has 0 aliphatic rings. The molecule has 0 amide bonds. The fraction of sp³-hybridized carbons (Fsp3) is 0.357. The molecule has 0 atom stereocenters. The van der Waals surface area contributed by atoms with Crippen LogP contribution in [-0.2, 0) is 14.6 Å². The Balaban J connectivity index is 1.80. The number of pyridine rings is 1. The Hall–Kier alpha value is -1.18. The van der Waals surface area contributed by atoms with Crippen molar-refractivity contribution in [3.63, 3.8) is 0 Å². The van der Waals surface area contributed by atoms with Gasteiger partial charge in [-0.25, -0.2) is 13.4 Å². The van der Waals surface area contributed by atoms with Crippen molar-refractivity contribution in [2.45, 2.75) is 0 Å². The van der Waals surface area contributed by atoms with Crippen molar-refractivity contribution in [1.82, 2.24) is 4.98 Å². The summed E-state index contributed by atoms with van der Waals surface area (Å²) in [6.07, 6.45) is 1.20. The molecule has 1 N–H and O–H groups in total. The summed E-state index contributed by atoms with van der Waals surface area (Å²) < 4.78 is 28.1. The number of fused-ring (bicyclic) bond motifs is 1. The van der Waals surface area contributed by atoms with E-state index in [2.05, 4.69) is 26.2 Å². The van der Waals surface area contributed by atoms with Crippen LogP contribution < -0.4 is 5.32 Å². The Bertz CT molecular complexity index is 719. The highest BCUT2D eigenvalue weighted by Crippen LogP contribution is 2.19. The Morgan fingerprint density at radius 1 is 1.24 bits per heavy atom. The van der Waals surface area contributed by atoms with Crippen LogP contribution >= 0.6 is 15.9 Å². The van der Waals surface area contributed by atoms with Gasteiger partial charge in [-0.05, 0) is 30.3 Å². The normalized spacial score (nSPS) is 11.7. The Morgan fingerprint density at radius 3 is 2.81 bits per heavy atom. The third-order valence-corrected chi connectivity index (χ3v) is 4.20. The Kier molecular flexibility index (Phi) is 5.55. The van der Waals surface area contributed by atoms with Crippen LogP contribution in [-0.4, -0.2) is 45.2 Å². The lowest BCUT2D eigenvalue weighted by atomic mass is 10.2. The summed E-state index contributed by atoms with van der Waals surface area (Å²) >= 11 is 3.43. The third kappa shape index (κ3) is 5.61. The minimum Gasteiger partial charge on any atom is -0.379 e. The van der Waals surface area contributed by atoms with Crippen LogP contribution in [0.3, 0.4) is 0 Å². The molecule has 0 saturated carbocycles. The summed E-state index contributed by atoms with van der Waals surface area (Å²) in [4.78, 5) is 4.49. The maximum atomic E-state index is 10.9. The van der Waals surface area contributed by atoms with E-state index in [9.17, 15) is 8.42 Å². The summed E-state index contributed by atoms with van der Waals surface area (Å²) in [5.74, 6) is 0.826. The fourth-order valence-corrected chi connectivity index (χ4v) is 2.56. The monoisotopic (exact) mass is 372 g/mol. The summed E-state index contributed by atoms with van der Waals surface area (Å²) in [5, 5.41) is 4.22. The van der Waals surface area contributed by atoms with E-state index in [-0.39, 0.29) is 12.4 Å². The minimum absolute atomic E-state index is 0.0517. The van der Waals surface area contributed by atoms with Gasteiger partial charge in [0.1, 0.15) is 15.7 Å². The van der Waals surface area contributed by atoms with Crippen LogP contribution in [0.4, 0.5) is 5.82 Å². The average molecular weight is 373 g/mol. The molecule has 0 spiro atoms. The van der Waals surface area contributed by atoms with E-state index < -0.39 is 9.84 Å². The van der Waals surface area contributed by atoms with Crippen LogP contribution in [0.25, 0.3) is 10.9 Å². The van der Waals surface area contributed by atoms with E-state index in [4.69, 9.17) is 4.74 Å². The fourth-order valence-electron chi connectivity index (χ4n) is 1.76. The summed E-state index contributed by atoms with van der Waals surface area (Å²) in [6, 6.07) is 9.83. The number of hydrogen-bond acceptors (Lipinski definition) is 5. The smallest absolute Gasteiger partial charge is 0.149 e. The molecule has 1 aromatic heterocycles. The second kappa shape index (κ2) is 7.20. The van der Waals surface area contributed by atoms with Gasteiger partial charge in [0.25, 0.3) is 0 Å². The van der Waals surface area contributed by atoms with E-state index in [1.807, 2.05) is 30.3 Å². The molecule has 0 radical (unpaired) electrons. The number of aromatic nitrogens is 1. The van der Waals surface area contributed by atoms with Gasteiger partial charge in [0.2, 0.25) is 0 Å². The maximum absolute atomic E-state index is 10.9. The quantitative estimate of drug-likeness (QED) is 0.756. The van der Waals surface area contributed by atoms with Crippen LogP contribution in [0.5, 0.6) is 0 Å². The van der Waals surface area contributed by atoms with Gasteiger partial charge in [0.15, 0.2) is 0 Å². The van der Waals surface area contributed by atoms with Crippen LogP contribution in [0.1, 0.15) is 0 Å². The number of benzene rings is 1. The molecule has 0 aliphatic heterocycles. The molecule has 2 aromatic rings. The average Bonchev–Trinajstić information content (AvgIpc) is 2.41. The molecule has 1 aromatic carbocycles. The van der Waals surface area contributed by atoms with Crippen molar-refractivity contribution in [2.75, 3.05) is 37.1 Å². The first-order valence-electron chi connectivity index (χ1n) is 6.50. The number of halogens is 1. The Morgan fingerprint density at radius 2 is 2.05 bits per heavy atom. The molecule has 0 unspecified atom stereocenters. The highest BCUT2D eigenvalue weighted by Gasteiger charge is 2.02. The Labute approximate surface area is 132 Å². The number of sulfone groups is 1. The van der Waals surface area contributed by atoms with Gasteiger partial charge < -0.3 is 10.1 Å². The maximum Gasteiger partial charge on any atom is 0.149 e. The number of anilines is 1. The summed E-state index contributed by atoms with van der Waals surface area (Å²) in [7, 11) is -2.95. The van der Waals surface area contributed by atoms with Gasteiger partial charge in [-0.15, -0.1) is 0 Å². The number of hydrogen-bond donors (Lipinski definition) is 1. The molecule has 0 bridgehead atoms. The third-order valence-electron chi connectivity index (χ3n) is 2.80. The first-order chi connectivity index (χ1) is 9.94. The largest absolute Gasteiger partial charge is 0.379 e. The highest BCUT2D eigenvalue weighted by atomic mass is 79.9. The SMILES string of the molecule is CS(=O)(=O)CCOCCNc1ccc2cc(Br)ccc2n1. The van der Waals surface area contributed by atoms with Gasteiger partial charge in [-0.3, -0.25) is 0 Å². The molecule has 0 saturated heterocycles. The van der Waals surface area contributed by atoms with Crippen molar-refractivity contribution in [3.8, 4) is 0 Å². The lowest BCUT2D eigenvalue weighted by Crippen LogP contribution is -2.15. The topological polar surface area (TPSA) is 68.3 Å². The number of rotatable bonds is 7. The first kappa shape index (κ1) is 16.2. The van der Waals surface area contributed by atoms with Crippen molar-refractivity contribution >= 4 is 42.5 Å². The lowest BCUT2D eigenvalue weighted by Gasteiger charge is -2.07. The van der Waals surface area contributed by atoms with Crippen LogP contribution in [0.15, 0.2) is 34.8 Å². The zero-order valence-electron chi connectivity index (χ0n) is 11.7. The second-order valence-corrected chi connectivity index (χ2v) is 7.88. The van der Waals surface area contributed by atoms with Crippen LogP contribution in [0, 0.1) is 0 Å². The van der Waals surface area contributed by atoms with Crippen molar-refractivity contribution in [2.24, 2.45) is 0 Å². The number of nitrogens with zero attached hydrogens (tertiary/aromatic N) is 1. The van der Waals surface area contributed by atoms with Gasteiger partial charge >= 0.3 is 0 Å². The van der Waals surface area contributed by atoms with Crippen molar-refractivity contribution < 1.29 is 13.2 Å². The molecule has 0 aliphatic carbocycles. The summed E-state index contributed by atoms with van der Waals surface area (Å²) in [5.41, 5.74) is 0.918. The standard InChI is InChI=1S/C14H17BrN2O3S/c1-21(18,19)9-8-20-7-6-16-14-5-2-11-10-12(15)3-4-13(11)17-14/h2-5,10H,6-9H2,1H3,(H,16,17). The zero-order valence-corrected chi connectivity index (χ0v) is 14.1. The molecule has 114 valence electrons. The van der Waals surface area contributed by atoms with Gasteiger partial charge in [0.05, 0.1) is 24.5 Å². The van der Waals surface area contributed by atoms with E-state index in [1.54, 1.807) is 0 Å². The number of ether oxygens (including phenoxy) is 1. The van der Waals surface area contributed by atoms with Gasteiger partial charge in [-0.1, -0.05) is 15.9 Å². The van der Waals surface area contributed by atoms with Gasteiger partial charge in [-0.2, -0.15) is 0 Å². The van der Waals surface area contributed by atoms with Crippen molar-refractivity contribution in [3.05, 3.63) is 34.8 Å². The van der Waals surface area contributed by atoms with Crippen molar-refractivity contribution in [1.29, 1.82) is 0 Å². The molecular weight excluding hydrogens is 356 g/mol. The molecule has 0 fully saturated rings. The van der Waals surface area contributed by atoms with Gasteiger partial charge in [0, 0.05) is 22.7 Å². The molecule has 2 rings (SSSR count). The highest BCUT2D eigenvalue weighted by molar-refractivity contribution is 9.10. The summed E-state index contributed by atoms with van der Waals surface area (Å²) in [6.45, 7) is 1.24. The second-order valence-electron chi connectivity index (χ2n) is 4.70. The lowest BCUT2D eigenvalue weighted by molar-refractivity contribution is 0.159. The molecular formula is C14H17BrN2O3S. The molecule has 7 heteroatoms. The number of nitrogens with one attached hydrogen (secondary N) is 1. The van der Waals surface area contributed by atoms with E-state index in [1.165, 1.54) is 6.26 Å². The van der Waals surface area contributed by atoms with E-state index >= 15 is 0 Å². The molecule has 5 nitrogen and oxygen atoms in total. The predicted molar refractivity (Wildman–Crippen MR) is 88.5 cm³/mol. The zero-order chi connectivity index (χ0) is 15.3. The van der Waals surface area contributed by atoms with E-state index in [0.29, 0.717) is 13.2 Å². The van der Waals surface area contributed by atoms with E-state index in [0.717, 1.165) is 21.2 Å². The molecule has 1 heterocycles. The minimum atomic E-state index is -2.95. The van der Waals surface area contributed by atoms with Crippen LogP contribution in [0.2, 0.25) is 0 Å².